The largest absolute Gasteiger partial charge is 0.458 e. The third-order valence-corrected chi connectivity index (χ3v) is 4.46. The first kappa shape index (κ1) is 19.1. The zero-order valence-electron chi connectivity index (χ0n) is 14.7. The second-order valence-electron chi connectivity index (χ2n) is 6.71. The minimum Gasteiger partial charge on any atom is -0.458 e. The van der Waals surface area contributed by atoms with Crippen molar-refractivity contribution in [2.75, 3.05) is 0 Å². The minimum absolute atomic E-state index is 0.219. The SMILES string of the molecule is C=C(C)C(=O)O[C@@H]1C/C(C)=C/[C@@H](O)[C@H](O)/C(C)=C\[C@H]2OC(=O)C(=C)[C@@H]21. The van der Waals surface area contributed by atoms with Gasteiger partial charge in [0.25, 0.3) is 0 Å². The van der Waals surface area contributed by atoms with E-state index in [4.69, 9.17) is 9.47 Å². The fraction of sp³-hybridized carbons (Fsp3) is 0.474. The van der Waals surface area contributed by atoms with Gasteiger partial charge in [-0.05, 0) is 32.4 Å². The minimum atomic E-state index is -1.11. The van der Waals surface area contributed by atoms with E-state index in [1.165, 1.54) is 13.0 Å². The van der Waals surface area contributed by atoms with Crippen molar-refractivity contribution in [3.8, 4) is 0 Å². The van der Waals surface area contributed by atoms with Crippen LogP contribution in [0, 0.1) is 5.92 Å². The smallest absolute Gasteiger partial charge is 0.334 e. The monoisotopic (exact) mass is 348 g/mol. The van der Waals surface area contributed by atoms with E-state index in [-0.39, 0.29) is 17.6 Å². The normalized spacial score (nSPS) is 37.1. The molecule has 2 rings (SSSR count). The second kappa shape index (κ2) is 7.37. The maximum absolute atomic E-state index is 12.0. The lowest BCUT2D eigenvalue weighted by molar-refractivity contribution is -0.147. The van der Waals surface area contributed by atoms with E-state index >= 15 is 0 Å². The molecular weight excluding hydrogens is 324 g/mol. The molecule has 0 radical (unpaired) electrons. The van der Waals surface area contributed by atoms with Crippen LogP contribution >= 0.6 is 0 Å². The average molecular weight is 348 g/mol. The average Bonchev–Trinajstić information content (AvgIpc) is 2.79. The molecular formula is C19H24O6. The number of aliphatic hydroxyl groups is 2. The molecule has 1 heterocycles. The van der Waals surface area contributed by atoms with Gasteiger partial charge in [-0.15, -0.1) is 0 Å². The van der Waals surface area contributed by atoms with Gasteiger partial charge in [-0.1, -0.05) is 24.8 Å². The summed E-state index contributed by atoms with van der Waals surface area (Å²) in [5.41, 5.74) is 1.64. The van der Waals surface area contributed by atoms with Crippen molar-refractivity contribution in [2.24, 2.45) is 5.92 Å². The molecule has 1 aliphatic carbocycles. The van der Waals surface area contributed by atoms with E-state index in [9.17, 15) is 19.8 Å². The van der Waals surface area contributed by atoms with Crippen molar-refractivity contribution in [1.82, 2.24) is 0 Å². The standard InChI is InChI=1S/C19H24O6/c1-9(2)18(22)24-14-7-10(3)6-13(20)17(21)11(4)8-15-16(14)12(5)19(23)25-15/h6,8,13-17,20-21H,1,5,7H2,2-4H3/b10-6+,11-8-/t13-,14-,15-,16-,17-/m1/s1. The third kappa shape index (κ3) is 4.08. The maximum atomic E-state index is 12.0. The van der Waals surface area contributed by atoms with Gasteiger partial charge in [0.15, 0.2) is 0 Å². The van der Waals surface area contributed by atoms with Crippen molar-refractivity contribution in [3.63, 3.8) is 0 Å². The van der Waals surface area contributed by atoms with Gasteiger partial charge >= 0.3 is 11.9 Å². The van der Waals surface area contributed by atoms with E-state index in [0.717, 1.165) is 0 Å². The highest BCUT2D eigenvalue weighted by atomic mass is 16.6. The molecule has 136 valence electrons. The second-order valence-corrected chi connectivity index (χ2v) is 6.71. The molecule has 0 aromatic heterocycles. The number of hydrogen-bond acceptors (Lipinski definition) is 6. The summed E-state index contributed by atoms with van der Waals surface area (Å²) in [6, 6.07) is 0. The number of rotatable bonds is 2. The first-order valence-electron chi connectivity index (χ1n) is 8.09. The first-order valence-corrected chi connectivity index (χ1v) is 8.09. The molecule has 0 amide bonds. The molecule has 6 nitrogen and oxygen atoms in total. The summed E-state index contributed by atoms with van der Waals surface area (Å²) >= 11 is 0. The Hall–Kier alpha value is -2.18. The van der Waals surface area contributed by atoms with Gasteiger partial charge in [0.1, 0.15) is 24.4 Å². The van der Waals surface area contributed by atoms with Gasteiger partial charge in [0, 0.05) is 17.6 Å². The molecule has 0 bridgehead atoms. The van der Waals surface area contributed by atoms with Crippen LogP contribution in [-0.2, 0) is 19.1 Å². The molecule has 2 N–H and O–H groups in total. The van der Waals surface area contributed by atoms with Crippen LogP contribution in [-0.4, -0.2) is 46.6 Å². The summed E-state index contributed by atoms with van der Waals surface area (Å²) in [6.07, 6.45) is -0.281. The number of esters is 2. The molecule has 6 heteroatoms. The van der Waals surface area contributed by atoms with Crippen LogP contribution in [0.4, 0.5) is 0 Å². The highest BCUT2D eigenvalue weighted by molar-refractivity contribution is 5.91. The summed E-state index contributed by atoms with van der Waals surface area (Å²) in [5, 5.41) is 20.3. The number of aliphatic hydroxyl groups excluding tert-OH is 2. The molecule has 1 aliphatic heterocycles. The predicted octanol–water partition coefficient (Wildman–Crippen LogP) is 1.59. The highest BCUT2D eigenvalue weighted by Crippen LogP contribution is 2.36. The number of fused-ring (bicyclic) bond motifs is 1. The molecule has 1 fully saturated rings. The van der Waals surface area contributed by atoms with Gasteiger partial charge in [-0.3, -0.25) is 0 Å². The molecule has 5 atom stereocenters. The van der Waals surface area contributed by atoms with Gasteiger partial charge in [0.2, 0.25) is 0 Å². The van der Waals surface area contributed by atoms with Crippen molar-refractivity contribution in [1.29, 1.82) is 0 Å². The fourth-order valence-electron chi connectivity index (χ4n) is 3.06. The van der Waals surface area contributed by atoms with E-state index in [2.05, 4.69) is 13.2 Å². The molecule has 0 aromatic rings. The van der Waals surface area contributed by atoms with Gasteiger partial charge in [-0.25, -0.2) is 9.59 Å². The molecule has 0 saturated carbocycles. The van der Waals surface area contributed by atoms with Crippen molar-refractivity contribution in [2.45, 2.75) is 51.6 Å². The Morgan fingerprint density at radius 2 is 1.96 bits per heavy atom. The van der Waals surface area contributed by atoms with E-state index in [1.807, 2.05) is 0 Å². The summed E-state index contributed by atoms with van der Waals surface area (Å²) in [5.74, 6) is -1.70. The lowest BCUT2D eigenvalue weighted by Gasteiger charge is -2.28. The molecule has 2 aliphatic rings. The Labute approximate surface area is 147 Å². The third-order valence-electron chi connectivity index (χ3n) is 4.46. The van der Waals surface area contributed by atoms with E-state index < -0.39 is 42.3 Å². The molecule has 0 unspecified atom stereocenters. The van der Waals surface area contributed by atoms with Crippen LogP contribution in [0.15, 0.2) is 47.6 Å². The molecule has 0 spiro atoms. The first-order chi connectivity index (χ1) is 11.6. The molecule has 0 aromatic carbocycles. The van der Waals surface area contributed by atoms with Crippen LogP contribution in [0.25, 0.3) is 0 Å². The van der Waals surface area contributed by atoms with Crippen LogP contribution < -0.4 is 0 Å². The van der Waals surface area contributed by atoms with Crippen LogP contribution in [0.5, 0.6) is 0 Å². The van der Waals surface area contributed by atoms with Crippen LogP contribution in [0.1, 0.15) is 27.2 Å². The van der Waals surface area contributed by atoms with Crippen molar-refractivity contribution < 1.29 is 29.3 Å². The van der Waals surface area contributed by atoms with Gasteiger partial charge < -0.3 is 19.7 Å². The van der Waals surface area contributed by atoms with Crippen LogP contribution in [0.3, 0.4) is 0 Å². The Kier molecular flexibility index (Phi) is 5.65. The summed E-state index contributed by atoms with van der Waals surface area (Å²) in [7, 11) is 0. The van der Waals surface area contributed by atoms with Crippen molar-refractivity contribution >= 4 is 11.9 Å². The van der Waals surface area contributed by atoms with Crippen molar-refractivity contribution in [3.05, 3.63) is 47.6 Å². The quantitative estimate of drug-likeness (QED) is 0.447. The molecule has 1 saturated heterocycles. The maximum Gasteiger partial charge on any atom is 0.334 e. The Balaban J connectivity index is 2.47. The number of ether oxygens (including phenoxy) is 2. The molecule has 25 heavy (non-hydrogen) atoms. The predicted molar refractivity (Wildman–Crippen MR) is 91.3 cm³/mol. The summed E-state index contributed by atoms with van der Waals surface area (Å²) in [6.45, 7) is 12.3. The zero-order valence-corrected chi connectivity index (χ0v) is 14.7. The fourth-order valence-corrected chi connectivity index (χ4v) is 3.06. The van der Waals surface area contributed by atoms with Crippen LogP contribution in [0.2, 0.25) is 0 Å². The number of carbonyl (C=O) groups excluding carboxylic acids is 2. The van der Waals surface area contributed by atoms with E-state index in [1.54, 1.807) is 19.9 Å². The summed E-state index contributed by atoms with van der Waals surface area (Å²) in [4.78, 5) is 24.0. The van der Waals surface area contributed by atoms with Gasteiger partial charge in [0.05, 0.1) is 5.92 Å². The highest BCUT2D eigenvalue weighted by Gasteiger charge is 2.44. The zero-order chi connectivity index (χ0) is 18.9. The van der Waals surface area contributed by atoms with Gasteiger partial charge in [-0.2, -0.15) is 0 Å². The Bertz CT molecular complexity index is 671. The Morgan fingerprint density at radius 1 is 1.32 bits per heavy atom. The lowest BCUT2D eigenvalue weighted by atomic mass is 9.84. The Morgan fingerprint density at radius 3 is 2.56 bits per heavy atom. The number of hydrogen-bond donors (Lipinski definition) is 2. The number of carbonyl (C=O) groups is 2. The topological polar surface area (TPSA) is 93.1 Å². The summed E-state index contributed by atoms with van der Waals surface area (Å²) < 4.78 is 10.9. The van der Waals surface area contributed by atoms with E-state index in [0.29, 0.717) is 11.1 Å². The lowest BCUT2D eigenvalue weighted by Crippen LogP contribution is -2.35.